The number of fused-ring (bicyclic) bond motifs is 1. The van der Waals surface area contributed by atoms with Gasteiger partial charge in [-0.3, -0.25) is 9.58 Å². The van der Waals surface area contributed by atoms with Gasteiger partial charge in [-0.25, -0.2) is 4.79 Å². The Labute approximate surface area is 205 Å². The maximum absolute atomic E-state index is 11.7. The van der Waals surface area contributed by atoms with Crippen LogP contribution in [0.1, 0.15) is 46.6 Å². The van der Waals surface area contributed by atoms with Crippen LogP contribution in [-0.4, -0.2) is 52.1 Å². The first kappa shape index (κ1) is 23.1. The van der Waals surface area contributed by atoms with Gasteiger partial charge < -0.3 is 9.72 Å². The Morgan fingerprint density at radius 3 is 2.63 bits per heavy atom. The number of rotatable bonds is 7. The van der Waals surface area contributed by atoms with Gasteiger partial charge in [0, 0.05) is 28.7 Å². The molecule has 2 heterocycles. The fraction of sp³-hybridized carbons (Fsp3) is 0.321. The summed E-state index contributed by atoms with van der Waals surface area (Å²) >= 11 is 0. The number of carbonyl (C=O) groups is 1. The van der Waals surface area contributed by atoms with E-state index in [1.54, 1.807) is 10.9 Å². The van der Waals surface area contributed by atoms with Gasteiger partial charge in [0.05, 0.1) is 13.3 Å². The van der Waals surface area contributed by atoms with Gasteiger partial charge in [-0.05, 0) is 62.5 Å². The lowest BCUT2D eigenvalue weighted by atomic mass is 9.75. The maximum atomic E-state index is 11.7. The predicted octanol–water partition coefficient (Wildman–Crippen LogP) is 4.81. The number of methoxy groups -OCH3 is 1. The fourth-order valence-corrected chi connectivity index (χ4v) is 5.31. The molecule has 1 atom stereocenters. The molecule has 0 amide bonds. The van der Waals surface area contributed by atoms with E-state index in [1.165, 1.54) is 34.9 Å². The van der Waals surface area contributed by atoms with E-state index >= 15 is 0 Å². The lowest BCUT2D eigenvalue weighted by molar-refractivity contribution is 0.0594. The number of ether oxygens (including phenoxy) is 1. The molecule has 0 spiro atoms. The first-order valence-corrected chi connectivity index (χ1v) is 12.0. The van der Waals surface area contributed by atoms with Gasteiger partial charge in [-0.15, -0.1) is 5.10 Å². The van der Waals surface area contributed by atoms with Gasteiger partial charge in [-0.1, -0.05) is 59.8 Å². The Morgan fingerprint density at radius 2 is 1.91 bits per heavy atom. The van der Waals surface area contributed by atoms with Gasteiger partial charge in [0.1, 0.15) is 0 Å². The third-order valence-electron chi connectivity index (χ3n) is 7.32. The molecular formula is C28H31N5O2. The summed E-state index contributed by atoms with van der Waals surface area (Å²) in [6.07, 6.45) is 7.83. The monoisotopic (exact) mass is 469 g/mol. The number of H-pyrrole nitrogens is 1. The van der Waals surface area contributed by atoms with Gasteiger partial charge in [0.15, 0.2) is 5.69 Å². The van der Waals surface area contributed by atoms with Crippen molar-refractivity contribution >= 4 is 22.4 Å². The molecule has 0 aliphatic heterocycles. The SMILES string of the molecule is COC(=O)c1cn(CCc2c(C3=CCC(c4ccccc4)(N(C)C)CC3)[nH]c3ccccc23)nn1. The molecule has 1 N–H and O–H groups in total. The fourth-order valence-electron chi connectivity index (χ4n) is 5.31. The number of hydrogen-bond donors (Lipinski definition) is 1. The molecule has 5 rings (SSSR count). The number of nitrogens with one attached hydrogen (secondary N) is 1. The van der Waals surface area contributed by atoms with Crippen LogP contribution in [0, 0.1) is 0 Å². The standard InChI is InChI=1S/C28H31N5O2/c1-32(2)28(21-9-5-4-6-10-21)16-13-20(14-17-28)26-23(22-11-7-8-12-24(22)29-26)15-18-33-19-25(30-31-33)27(34)35-3/h4-13,19,29H,14-18H2,1-3H3. The van der Waals surface area contributed by atoms with Crippen molar-refractivity contribution < 1.29 is 9.53 Å². The summed E-state index contributed by atoms with van der Waals surface area (Å²) in [7, 11) is 5.71. The van der Waals surface area contributed by atoms with Crippen LogP contribution >= 0.6 is 0 Å². The molecular weight excluding hydrogens is 438 g/mol. The summed E-state index contributed by atoms with van der Waals surface area (Å²) in [5.41, 5.74) is 6.58. The Bertz CT molecular complexity index is 1370. The highest BCUT2D eigenvalue weighted by atomic mass is 16.5. The zero-order valence-electron chi connectivity index (χ0n) is 20.5. The second-order valence-electron chi connectivity index (χ2n) is 9.36. The molecule has 1 aliphatic carbocycles. The average molecular weight is 470 g/mol. The number of hydrogen-bond acceptors (Lipinski definition) is 5. The van der Waals surface area contributed by atoms with Crippen LogP contribution in [0.2, 0.25) is 0 Å². The van der Waals surface area contributed by atoms with Crippen molar-refractivity contribution in [1.82, 2.24) is 24.9 Å². The van der Waals surface area contributed by atoms with E-state index in [-0.39, 0.29) is 11.2 Å². The van der Waals surface area contributed by atoms with Gasteiger partial charge in [0.25, 0.3) is 0 Å². The zero-order valence-corrected chi connectivity index (χ0v) is 20.5. The number of carbonyl (C=O) groups excluding carboxylic acids is 1. The Balaban J connectivity index is 1.45. The van der Waals surface area contributed by atoms with Crippen molar-refractivity contribution in [2.45, 2.75) is 37.8 Å². The van der Waals surface area contributed by atoms with E-state index in [2.05, 4.69) is 95.0 Å². The first-order valence-electron chi connectivity index (χ1n) is 12.0. The van der Waals surface area contributed by atoms with Gasteiger partial charge in [-0.2, -0.15) is 0 Å². The molecule has 35 heavy (non-hydrogen) atoms. The number of esters is 1. The van der Waals surface area contributed by atoms with Crippen LogP contribution in [0.25, 0.3) is 16.5 Å². The topological polar surface area (TPSA) is 76.0 Å². The summed E-state index contributed by atoms with van der Waals surface area (Å²) in [5, 5.41) is 9.28. The Morgan fingerprint density at radius 1 is 1.14 bits per heavy atom. The van der Waals surface area contributed by atoms with Gasteiger partial charge >= 0.3 is 5.97 Å². The maximum Gasteiger partial charge on any atom is 0.360 e. The molecule has 0 saturated carbocycles. The number of allylic oxidation sites excluding steroid dienone is 1. The van der Waals surface area contributed by atoms with Crippen molar-refractivity contribution in [3.05, 3.63) is 89.4 Å². The smallest absolute Gasteiger partial charge is 0.360 e. The number of aromatic amines is 1. The molecule has 0 fully saturated rings. The minimum Gasteiger partial charge on any atom is -0.464 e. The molecule has 0 saturated heterocycles. The van der Waals surface area contributed by atoms with Crippen LogP contribution in [0.15, 0.2) is 66.9 Å². The number of benzene rings is 2. The molecule has 180 valence electrons. The van der Waals surface area contributed by atoms with E-state index in [9.17, 15) is 4.79 Å². The van der Waals surface area contributed by atoms with Crippen molar-refractivity contribution in [2.75, 3.05) is 21.2 Å². The molecule has 1 aliphatic rings. The number of aryl methyl sites for hydroxylation is 2. The minimum atomic E-state index is -0.473. The molecule has 4 aromatic rings. The van der Waals surface area contributed by atoms with Crippen LogP contribution in [-0.2, 0) is 23.2 Å². The highest BCUT2D eigenvalue weighted by Crippen LogP contribution is 2.43. The lowest BCUT2D eigenvalue weighted by Crippen LogP contribution is -2.42. The minimum absolute atomic E-state index is 0.00194. The van der Waals surface area contributed by atoms with Crippen molar-refractivity contribution in [3.8, 4) is 0 Å². The number of nitrogens with zero attached hydrogens (tertiary/aromatic N) is 4. The lowest BCUT2D eigenvalue weighted by Gasteiger charge is -2.43. The molecule has 2 aromatic heterocycles. The van der Waals surface area contributed by atoms with Crippen LogP contribution < -0.4 is 0 Å². The molecule has 7 heteroatoms. The Kier molecular flexibility index (Phi) is 6.26. The molecule has 7 nitrogen and oxygen atoms in total. The molecule has 2 aromatic carbocycles. The van der Waals surface area contributed by atoms with E-state index < -0.39 is 5.97 Å². The second-order valence-corrected chi connectivity index (χ2v) is 9.36. The number of para-hydroxylation sites is 1. The highest BCUT2D eigenvalue weighted by Gasteiger charge is 2.36. The van der Waals surface area contributed by atoms with Crippen molar-refractivity contribution in [1.29, 1.82) is 0 Å². The third-order valence-corrected chi connectivity index (χ3v) is 7.32. The second kappa shape index (κ2) is 9.50. The van der Waals surface area contributed by atoms with E-state index in [4.69, 9.17) is 4.74 Å². The highest BCUT2D eigenvalue weighted by molar-refractivity contribution is 5.89. The van der Waals surface area contributed by atoms with Gasteiger partial charge in [0.2, 0.25) is 0 Å². The normalized spacial score (nSPS) is 18.1. The molecule has 0 bridgehead atoms. The van der Waals surface area contributed by atoms with E-state index in [0.717, 1.165) is 31.2 Å². The summed E-state index contributed by atoms with van der Waals surface area (Å²) in [4.78, 5) is 17.8. The quantitative estimate of drug-likeness (QED) is 0.393. The van der Waals surface area contributed by atoms with E-state index in [0.29, 0.717) is 6.54 Å². The number of aromatic nitrogens is 4. The third kappa shape index (κ3) is 4.28. The summed E-state index contributed by atoms with van der Waals surface area (Å²) in [6.45, 7) is 0.623. The average Bonchev–Trinajstić information content (AvgIpc) is 3.52. The van der Waals surface area contributed by atoms with E-state index in [1.807, 2.05) is 0 Å². The zero-order chi connectivity index (χ0) is 24.4. The predicted molar refractivity (Wildman–Crippen MR) is 137 cm³/mol. The molecule has 1 unspecified atom stereocenters. The largest absolute Gasteiger partial charge is 0.464 e. The van der Waals surface area contributed by atoms with Crippen LogP contribution in [0.5, 0.6) is 0 Å². The first-order chi connectivity index (χ1) is 17.0. The summed E-state index contributed by atoms with van der Waals surface area (Å²) < 4.78 is 6.46. The Hall–Kier alpha value is -3.71. The van der Waals surface area contributed by atoms with Crippen LogP contribution in [0.4, 0.5) is 0 Å². The molecule has 0 radical (unpaired) electrons. The summed E-state index contributed by atoms with van der Waals surface area (Å²) in [5.74, 6) is -0.473. The summed E-state index contributed by atoms with van der Waals surface area (Å²) in [6, 6.07) is 19.3. The van der Waals surface area contributed by atoms with Crippen molar-refractivity contribution in [3.63, 3.8) is 0 Å². The van der Waals surface area contributed by atoms with Crippen molar-refractivity contribution in [2.24, 2.45) is 0 Å². The van der Waals surface area contributed by atoms with Crippen LogP contribution in [0.3, 0.4) is 0 Å².